The van der Waals surface area contributed by atoms with Crippen molar-refractivity contribution >= 4 is 0 Å². The molecule has 70 valence electrons. The van der Waals surface area contributed by atoms with Crippen molar-refractivity contribution in [2.75, 3.05) is 0 Å². The molecule has 1 rings (SSSR count). The van der Waals surface area contributed by atoms with Gasteiger partial charge in [-0.2, -0.15) is 15.5 Å². The van der Waals surface area contributed by atoms with Gasteiger partial charge in [-0.05, 0) is 26.3 Å². The smallest absolute Gasteiger partial charge is 0.101 e. The Morgan fingerprint density at radius 3 is 1.85 bits per heavy atom. The lowest BCUT2D eigenvalue weighted by Crippen LogP contribution is -1.98. The summed E-state index contributed by atoms with van der Waals surface area (Å²) in [6.07, 6.45) is 0. The average molecular weight is 177 g/mol. The Hall–Kier alpha value is -1.43. The van der Waals surface area contributed by atoms with E-state index in [4.69, 9.17) is 5.26 Å². The van der Waals surface area contributed by atoms with Crippen LogP contribution in [0.1, 0.15) is 36.4 Å². The Balaban J connectivity index is 0.000000671. The normalized spacial score (nSPS) is 8.31. The first kappa shape index (κ1) is 11.6. The summed E-state index contributed by atoms with van der Waals surface area (Å²) in [6, 6.07) is 2.10. The van der Waals surface area contributed by atoms with E-state index in [1.165, 1.54) is 0 Å². The quantitative estimate of drug-likeness (QED) is 0.611. The zero-order valence-corrected chi connectivity index (χ0v) is 8.84. The minimum Gasteiger partial charge on any atom is -0.192 e. The molecular formula is C10H15N3. The van der Waals surface area contributed by atoms with E-state index in [1.807, 2.05) is 27.7 Å². The highest BCUT2D eigenvalue weighted by atomic mass is 15.1. The minimum atomic E-state index is 0.650. The molecular weight excluding hydrogens is 162 g/mol. The number of nitrogens with zero attached hydrogens (tertiary/aromatic N) is 3. The first-order chi connectivity index (χ1) is 6.16. The average Bonchev–Trinajstić information content (AvgIpc) is 2.16. The first-order valence-corrected chi connectivity index (χ1v) is 4.37. The molecule has 0 unspecified atom stereocenters. The zero-order chi connectivity index (χ0) is 10.4. The van der Waals surface area contributed by atoms with Crippen LogP contribution in [0, 0.1) is 32.1 Å². The monoisotopic (exact) mass is 177 g/mol. The van der Waals surface area contributed by atoms with Gasteiger partial charge in [-0.1, -0.05) is 13.8 Å². The van der Waals surface area contributed by atoms with Gasteiger partial charge in [0, 0.05) is 0 Å². The summed E-state index contributed by atoms with van der Waals surface area (Å²) in [7, 11) is 0. The van der Waals surface area contributed by atoms with E-state index in [0.717, 1.165) is 11.3 Å². The summed E-state index contributed by atoms with van der Waals surface area (Å²) < 4.78 is 0. The van der Waals surface area contributed by atoms with Gasteiger partial charge >= 0.3 is 0 Å². The molecule has 0 radical (unpaired) electrons. The van der Waals surface area contributed by atoms with Crippen LogP contribution in [0.15, 0.2) is 0 Å². The van der Waals surface area contributed by atoms with E-state index < -0.39 is 0 Å². The second kappa shape index (κ2) is 5.26. The molecule has 13 heavy (non-hydrogen) atoms. The molecule has 3 heteroatoms. The maximum absolute atomic E-state index is 8.71. The minimum absolute atomic E-state index is 0.650. The molecule has 0 aliphatic heterocycles. The van der Waals surface area contributed by atoms with E-state index >= 15 is 0 Å². The number of aromatic nitrogens is 2. The van der Waals surface area contributed by atoms with E-state index in [0.29, 0.717) is 11.3 Å². The summed E-state index contributed by atoms with van der Waals surface area (Å²) in [4.78, 5) is 0. The van der Waals surface area contributed by atoms with Crippen LogP contribution in [0.4, 0.5) is 0 Å². The fourth-order valence-electron chi connectivity index (χ4n) is 0.892. The van der Waals surface area contributed by atoms with Crippen molar-refractivity contribution in [1.29, 1.82) is 5.26 Å². The van der Waals surface area contributed by atoms with Gasteiger partial charge in [0.15, 0.2) is 0 Å². The van der Waals surface area contributed by atoms with Gasteiger partial charge in [0.05, 0.1) is 17.0 Å². The Labute approximate surface area is 79.4 Å². The van der Waals surface area contributed by atoms with Crippen LogP contribution < -0.4 is 0 Å². The van der Waals surface area contributed by atoms with E-state index in [2.05, 4.69) is 16.3 Å². The number of aryl methyl sites for hydroxylation is 2. The van der Waals surface area contributed by atoms with Crippen LogP contribution in [0.5, 0.6) is 0 Å². The number of hydrogen-bond donors (Lipinski definition) is 0. The van der Waals surface area contributed by atoms with Crippen molar-refractivity contribution in [3.63, 3.8) is 0 Å². The summed E-state index contributed by atoms with van der Waals surface area (Å²) in [6.45, 7) is 9.52. The van der Waals surface area contributed by atoms with E-state index in [-0.39, 0.29) is 0 Å². The summed E-state index contributed by atoms with van der Waals surface area (Å²) in [5.41, 5.74) is 3.11. The largest absolute Gasteiger partial charge is 0.192 e. The molecule has 0 N–H and O–H groups in total. The molecule has 0 atom stereocenters. The van der Waals surface area contributed by atoms with Gasteiger partial charge in [0.1, 0.15) is 6.07 Å². The molecule has 0 saturated heterocycles. The highest BCUT2D eigenvalue weighted by Gasteiger charge is 2.05. The molecule has 1 aromatic heterocycles. The van der Waals surface area contributed by atoms with Gasteiger partial charge in [-0.3, -0.25) is 0 Å². The molecule has 0 saturated carbocycles. The Morgan fingerprint density at radius 1 is 1.00 bits per heavy atom. The second-order valence-corrected chi connectivity index (χ2v) is 2.48. The maximum atomic E-state index is 8.71. The summed E-state index contributed by atoms with van der Waals surface area (Å²) in [5, 5.41) is 16.4. The SMILES string of the molecule is CC.Cc1nnc(C)c(C#N)c1C. The summed E-state index contributed by atoms with van der Waals surface area (Å²) in [5.74, 6) is 0. The fourth-order valence-corrected chi connectivity index (χ4v) is 0.892. The second-order valence-electron chi connectivity index (χ2n) is 2.48. The van der Waals surface area contributed by atoms with Crippen molar-refractivity contribution in [1.82, 2.24) is 10.2 Å². The molecule has 0 aliphatic rings. The molecule has 1 heterocycles. The van der Waals surface area contributed by atoms with Gasteiger partial charge in [-0.15, -0.1) is 0 Å². The first-order valence-electron chi connectivity index (χ1n) is 4.37. The van der Waals surface area contributed by atoms with E-state index in [1.54, 1.807) is 6.92 Å². The van der Waals surface area contributed by atoms with Crippen LogP contribution in [-0.2, 0) is 0 Å². The van der Waals surface area contributed by atoms with Crippen LogP contribution in [0.25, 0.3) is 0 Å². The Kier molecular flexibility index (Phi) is 4.68. The predicted octanol–water partition coefficient (Wildman–Crippen LogP) is 2.30. The van der Waals surface area contributed by atoms with Crippen LogP contribution >= 0.6 is 0 Å². The van der Waals surface area contributed by atoms with Gasteiger partial charge in [0.2, 0.25) is 0 Å². The van der Waals surface area contributed by atoms with Gasteiger partial charge in [0.25, 0.3) is 0 Å². The lowest BCUT2D eigenvalue weighted by molar-refractivity contribution is 0.916. The third-order valence-corrected chi connectivity index (χ3v) is 1.74. The Morgan fingerprint density at radius 2 is 1.46 bits per heavy atom. The third-order valence-electron chi connectivity index (χ3n) is 1.74. The topological polar surface area (TPSA) is 49.6 Å². The maximum Gasteiger partial charge on any atom is 0.101 e. The van der Waals surface area contributed by atoms with Crippen molar-refractivity contribution in [2.24, 2.45) is 0 Å². The van der Waals surface area contributed by atoms with Crippen LogP contribution in [0.2, 0.25) is 0 Å². The molecule has 0 fully saturated rings. The molecule has 1 aromatic rings. The lowest BCUT2D eigenvalue weighted by atomic mass is 10.1. The molecule has 3 nitrogen and oxygen atoms in total. The number of hydrogen-bond acceptors (Lipinski definition) is 3. The fraction of sp³-hybridized carbons (Fsp3) is 0.500. The van der Waals surface area contributed by atoms with Crippen molar-refractivity contribution in [2.45, 2.75) is 34.6 Å². The third kappa shape index (κ3) is 2.51. The van der Waals surface area contributed by atoms with Crippen molar-refractivity contribution in [3.05, 3.63) is 22.5 Å². The highest BCUT2D eigenvalue weighted by Crippen LogP contribution is 2.10. The van der Waals surface area contributed by atoms with Crippen LogP contribution in [0.3, 0.4) is 0 Å². The highest BCUT2D eigenvalue weighted by molar-refractivity contribution is 5.40. The van der Waals surface area contributed by atoms with Crippen molar-refractivity contribution < 1.29 is 0 Å². The Bertz CT molecular complexity index is 324. The standard InChI is InChI=1S/C8H9N3.C2H6/c1-5-6(2)10-11-7(3)8(5)4-9;1-2/h1-3H3;1-2H3. The van der Waals surface area contributed by atoms with Crippen LogP contribution in [-0.4, -0.2) is 10.2 Å². The van der Waals surface area contributed by atoms with Gasteiger partial charge < -0.3 is 0 Å². The van der Waals surface area contributed by atoms with Gasteiger partial charge in [-0.25, -0.2) is 0 Å². The summed E-state index contributed by atoms with van der Waals surface area (Å²) >= 11 is 0. The zero-order valence-electron chi connectivity index (χ0n) is 8.84. The molecule has 0 spiro atoms. The molecule has 0 aromatic carbocycles. The number of rotatable bonds is 0. The lowest BCUT2D eigenvalue weighted by Gasteiger charge is -2.01. The van der Waals surface area contributed by atoms with Crippen molar-refractivity contribution in [3.8, 4) is 6.07 Å². The molecule has 0 bridgehead atoms. The molecule has 0 aliphatic carbocycles. The molecule has 0 amide bonds. The van der Waals surface area contributed by atoms with E-state index in [9.17, 15) is 0 Å². The predicted molar refractivity (Wildman–Crippen MR) is 52.3 cm³/mol. The number of nitriles is 1.